The largest absolute Gasteiger partial charge is 0.444 e. The third kappa shape index (κ3) is 3.77. The number of hydrogen-bond acceptors (Lipinski definition) is 6. The number of rotatable bonds is 5. The zero-order chi connectivity index (χ0) is 19.0. The van der Waals surface area contributed by atoms with Gasteiger partial charge in [-0.25, -0.2) is 23.1 Å². The van der Waals surface area contributed by atoms with E-state index >= 15 is 0 Å². The predicted octanol–water partition coefficient (Wildman–Crippen LogP) is 1.61. The Labute approximate surface area is 151 Å². The van der Waals surface area contributed by atoms with Crippen LogP contribution in [0.5, 0.6) is 0 Å². The number of sulfone groups is 1. The van der Waals surface area contributed by atoms with Crippen LogP contribution >= 0.6 is 15.9 Å². The van der Waals surface area contributed by atoms with Gasteiger partial charge in [0.25, 0.3) is 5.91 Å². The molecule has 1 fully saturated rings. The van der Waals surface area contributed by atoms with E-state index in [2.05, 4.69) is 15.9 Å². The molecule has 1 aromatic carbocycles. The van der Waals surface area contributed by atoms with Gasteiger partial charge in [-0.15, -0.1) is 0 Å². The molecule has 25 heavy (non-hydrogen) atoms. The molecule has 1 aromatic rings. The van der Waals surface area contributed by atoms with Crippen molar-refractivity contribution in [1.29, 1.82) is 0 Å². The van der Waals surface area contributed by atoms with E-state index in [1.54, 1.807) is 6.07 Å². The van der Waals surface area contributed by atoms with E-state index in [0.29, 0.717) is 4.47 Å². The second-order valence-electron chi connectivity index (χ2n) is 5.86. The number of nitrogens with zero attached hydrogens (tertiary/aromatic N) is 1. The first-order valence-corrected chi connectivity index (χ1v) is 9.75. The van der Waals surface area contributed by atoms with Crippen LogP contribution in [0.4, 0.5) is 14.9 Å². The molecule has 11 heteroatoms. The molecule has 1 heterocycles. The molecule has 2 atom stereocenters. The van der Waals surface area contributed by atoms with Crippen molar-refractivity contribution in [3.63, 3.8) is 0 Å². The molecule has 1 aliphatic heterocycles. The Bertz CT molecular complexity index is 818. The number of hydroxylamine groups is 1. The first kappa shape index (κ1) is 19.6. The molecule has 0 aliphatic carbocycles. The third-order valence-electron chi connectivity index (χ3n) is 4.09. The standard InChI is InChI=1S/C14H16BrFN2O6S/c1-14(12(19)17-21,25(2,22)23)6-9-7-18(13(20)24-9)11-4-3-8(15)5-10(11)16/h3-5,9,21H,6-7H2,1-2H3,(H,17,19). The fourth-order valence-corrected chi connectivity index (χ4v) is 3.69. The first-order chi connectivity index (χ1) is 11.5. The highest BCUT2D eigenvalue weighted by molar-refractivity contribution is 9.10. The Kier molecular flexibility index (Phi) is 5.40. The lowest BCUT2D eigenvalue weighted by atomic mass is 10.0. The quantitative estimate of drug-likeness (QED) is 0.533. The molecule has 2 rings (SSSR count). The van der Waals surface area contributed by atoms with Gasteiger partial charge in [-0.3, -0.25) is 14.9 Å². The molecule has 0 radical (unpaired) electrons. The number of hydrogen-bond donors (Lipinski definition) is 2. The number of benzene rings is 1. The minimum atomic E-state index is -3.94. The average molecular weight is 439 g/mol. The molecule has 1 saturated heterocycles. The SMILES string of the molecule is CC(CC1CN(c2ccc(Br)cc2F)C(=O)O1)(C(=O)NO)S(C)(=O)=O. The van der Waals surface area contributed by atoms with E-state index in [1.807, 2.05) is 0 Å². The summed E-state index contributed by atoms with van der Waals surface area (Å²) in [5.74, 6) is -1.80. The van der Waals surface area contributed by atoms with E-state index in [9.17, 15) is 22.4 Å². The number of carbonyl (C=O) groups is 2. The molecule has 0 saturated carbocycles. The van der Waals surface area contributed by atoms with Gasteiger partial charge in [0.1, 0.15) is 11.9 Å². The van der Waals surface area contributed by atoms with Gasteiger partial charge in [-0.05, 0) is 25.1 Å². The van der Waals surface area contributed by atoms with Gasteiger partial charge in [0.2, 0.25) is 0 Å². The van der Waals surface area contributed by atoms with Crippen molar-refractivity contribution in [3.8, 4) is 0 Å². The van der Waals surface area contributed by atoms with Gasteiger partial charge in [0, 0.05) is 17.1 Å². The molecule has 0 bridgehead atoms. The van der Waals surface area contributed by atoms with Crippen LogP contribution in [0.15, 0.2) is 22.7 Å². The zero-order valence-electron chi connectivity index (χ0n) is 13.3. The highest BCUT2D eigenvalue weighted by atomic mass is 79.9. The molecule has 0 spiro atoms. The number of anilines is 1. The average Bonchev–Trinajstić information content (AvgIpc) is 2.85. The lowest BCUT2D eigenvalue weighted by Gasteiger charge is -2.26. The van der Waals surface area contributed by atoms with E-state index in [4.69, 9.17) is 9.94 Å². The second-order valence-corrected chi connectivity index (χ2v) is 9.22. The minimum Gasteiger partial charge on any atom is -0.444 e. The van der Waals surface area contributed by atoms with Crippen LogP contribution in [0.1, 0.15) is 13.3 Å². The summed E-state index contributed by atoms with van der Waals surface area (Å²) in [6, 6.07) is 4.09. The van der Waals surface area contributed by atoms with Gasteiger partial charge in [-0.2, -0.15) is 0 Å². The van der Waals surface area contributed by atoms with Crippen molar-refractivity contribution in [2.45, 2.75) is 24.2 Å². The van der Waals surface area contributed by atoms with E-state index in [0.717, 1.165) is 18.1 Å². The predicted molar refractivity (Wildman–Crippen MR) is 89.5 cm³/mol. The highest BCUT2D eigenvalue weighted by Crippen LogP contribution is 2.31. The zero-order valence-corrected chi connectivity index (χ0v) is 15.7. The van der Waals surface area contributed by atoms with Crippen molar-refractivity contribution in [1.82, 2.24) is 5.48 Å². The molecule has 0 aromatic heterocycles. The van der Waals surface area contributed by atoms with E-state index in [1.165, 1.54) is 17.6 Å². The summed E-state index contributed by atoms with van der Waals surface area (Å²) in [5, 5.41) is 8.82. The van der Waals surface area contributed by atoms with Crippen LogP contribution in [-0.4, -0.2) is 49.3 Å². The monoisotopic (exact) mass is 438 g/mol. The van der Waals surface area contributed by atoms with Crippen molar-refractivity contribution < 1.29 is 32.3 Å². The number of carbonyl (C=O) groups excluding carboxylic acids is 2. The smallest absolute Gasteiger partial charge is 0.414 e. The van der Waals surface area contributed by atoms with Gasteiger partial charge < -0.3 is 4.74 Å². The Morgan fingerprint density at radius 1 is 1.56 bits per heavy atom. The van der Waals surface area contributed by atoms with Crippen LogP contribution in [0.3, 0.4) is 0 Å². The molecular formula is C14H16BrFN2O6S. The maximum atomic E-state index is 14.0. The molecular weight excluding hydrogens is 423 g/mol. The Morgan fingerprint density at radius 3 is 2.72 bits per heavy atom. The maximum Gasteiger partial charge on any atom is 0.414 e. The summed E-state index contributed by atoms with van der Waals surface area (Å²) < 4.78 is 41.5. The Morgan fingerprint density at radius 2 is 2.20 bits per heavy atom. The summed E-state index contributed by atoms with van der Waals surface area (Å²) in [6.07, 6.45) is -1.39. The summed E-state index contributed by atoms with van der Waals surface area (Å²) >= 11 is 3.11. The van der Waals surface area contributed by atoms with Crippen LogP contribution in [-0.2, 0) is 19.4 Å². The van der Waals surface area contributed by atoms with E-state index < -0.39 is 44.9 Å². The number of nitrogens with one attached hydrogen (secondary N) is 1. The maximum absolute atomic E-state index is 14.0. The Hall–Kier alpha value is -1.72. The van der Waals surface area contributed by atoms with Gasteiger partial charge in [-0.1, -0.05) is 15.9 Å². The number of cyclic esters (lactones) is 1. The molecule has 1 aliphatic rings. The fraction of sp³-hybridized carbons (Fsp3) is 0.429. The molecule has 2 amide bonds. The normalized spacial score (nSPS) is 20.1. The molecule has 2 unspecified atom stereocenters. The van der Waals surface area contributed by atoms with Crippen molar-refractivity contribution in [3.05, 3.63) is 28.5 Å². The van der Waals surface area contributed by atoms with Gasteiger partial charge in [0.15, 0.2) is 14.6 Å². The third-order valence-corrected chi connectivity index (χ3v) is 6.57. The van der Waals surface area contributed by atoms with Gasteiger partial charge in [0.05, 0.1) is 12.2 Å². The summed E-state index contributed by atoms with van der Waals surface area (Å²) in [6.45, 7) is 0.978. The van der Waals surface area contributed by atoms with Crippen molar-refractivity contribution >= 4 is 43.5 Å². The number of halogens is 2. The minimum absolute atomic E-state index is 0.0247. The lowest BCUT2D eigenvalue weighted by molar-refractivity contribution is -0.132. The number of amides is 2. The highest BCUT2D eigenvalue weighted by Gasteiger charge is 2.48. The summed E-state index contributed by atoms with van der Waals surface area (Å²) in [4.78, 5) is 24.9. The number of ether oxygens (including phenoxy) is 1. The second kappa shape index (κ2) is 6.89. The topological polar surface area (TPSA) is 113 Å². The first-order valence-electron chi connectivity index (χ1n) is 7.07. The van der Waals surface area contributed by atoms with Crippen molar-refractivity contribution in [2.75, 3.05) is 17.7 Å². The fourth-order valence-electron chi connectivity index (χ4n) is 2.49. The lowest BCUT2D eigenvalue weighted by Crippen LogP contribution is -2.51. The van der Waals surface area contributed by atoms with Crippen LogP contribution < -0.4 is 10.4 Å². The Balaban J connectivity index is 2.26. The summed E-state index contributed by atoms with van der Waals surface area (Å²) in [7, 11) is -3.94. The van der Waals surface area contributed by atoms with Gasteiger partial charge >= 0.3 is 6.09 Å². The van der Waals surface area contributed by atoms with Crippen LogP contribution in [0.25, 0.3) is 0 Å². The summed E-state index contributed by atoms with van der Waals surface area (Å²) in [5.41, 5.74) is 1.29. The van der Waals surface area contributed by atoms with E-state index in [-0.39, 0.29) is 12.2 Å². The van der Waals surface area contributed by atoms with Crippen LogP contribution in [0.2, 0.25) is 0 Å². The molecule has 138 valence electrons. The van der Waals surface area contributed by atoms with Crippen LogP contribution in [0, 0.1) is 5.82 Å². The molecule has 8 nitrogen and oxygen atoms in total. The van der Waals surface area contributed by atoms with Crippen molar-refractivity contribution in [2.24, 2.45) is 0 Å². The molecule has 2 N–H and O–H groups in total.